The molecular weight excluding hydrogens is 274 g/mol. The Morgan fingerprint density at radius 1 is 1.38 bits per heavy atom. The van der Waals surface area contributed by atoms with Gasteiger partial charge in [-0.1, -0.05) is 20.8 Å². The number of carbonyl (C=O) groups excluding carboxylic acids is 2. The van der Waals surface area contributed by atoms with E-state index in [1.807, 2.05) is 20.8 Å². The van der Waals surface area contributed by atoms with Crippen LogP contribution in [0.5, 0.6) is 0 Å². The number of nitrogens with one attached hydrogen (secondary N) is 1. The van der Waals surface area contributed by atoms with Gasteiger partial charge in [0, 0.05) is 19.6 Å². The van der Waals surface area contributed by atoms with Gasteiger partial charge in [0.25, 0.3) is 0 Å². The first-order chi connectivity index (χ1) is 9.60. The number of amides is 3. The van der Waals surface area contributed by atoms with E-state index in [4.69, 9.17) is 5.73 Å². The van der Waals surface area contributed by atoms with Crippen LogP contribution in [0.25, 0.3) is 0 Å². The van der Waals surface area contributed by atoms with Crippen LogP contribution >= 0.6 is 0 Å². The summed E-state index contributed by atoms with van der Waals surface area (Å²) in [4.78, 5) is 35.8. The number of carboxylic acid groups (broad SMARTS) is 1. The third-order valence-corrected chi connectivity index (χ3v) is 3.59. The van der Waals surface area contributed by atoms with E-state index >= 15 is 0 Å². The van der Waals surface area contributed by atoms with Gasteiger partial charge >= 0.3 is 12.0 Å². The van der Waals surface area contributed by atoms with Gasteiger partial charge in [0.05, 0.1) is 11.8 Å². The number of likely N-dealkylation sites (tertiary alicyclic amines) is 1. The molecule has 0 saturated carbocycles. The van der Waals surface area contributed by atoms with Gasteiger partial charge in [0.1, 0.15) is 0 Å². The topological polar surface area (TPSA) is 113 Å². The normalized spacial score (nSPS) is 20.1. The van der Waals surface area contributed by atoms with Crippen LogP contribution in [0.4, 0.5) is 4.79 Å². The molecule has 0 bridgehead atoms. The Balaban J connectivity index is 2.47. The summed E-state index contributed by atoms with van der Waals surface area (Å²) >= 11 is 0. The quantitative estimate of drug-likeness (QED) is 0.691. The first-order valence-electron chi connectivity index (χ1n) is 7.15. The molecule has 0 aromatic carbocycles. The lowest BCUT2D eigenvalue weighted by molar-refractivity contribution is -0.142. The molecule has 1 aliphatic heterocycles. The standard InChI is InChI=1S/C14H25N3O4/c1-14(2,3)6-10(12(19)20)7-16-13(21)17-5-4-9(8-17)11(15)18/h9-10H,4-8H2,1-3H3,(H2,15,18)(H,16,21)(H,19,20). The van der Waals surface area contributed by atoms with Gasteiger partial charge < -0.3 is 21.1 Å². The molecule has 120 valence electrons. The van der Waals surface area contributed by atoms with Crippen LogP contribution in [0, 0.1) is 17.3 Å². The van der Waals surface area contributed by atoms with E-state index in [0.717, 1.165) is 0 Å². The summed E-state index contributed by atoms with van der Waals surface area (Å²) in [5.41, 5.74) is 5.09. The monoisotopic (exact) mass is 299 g/mol. The van der Waals surface area contributed by atoms with Crippen LogP contribution in [0.2, 0.25) is 0 Å². The largest absolute Gasteiger partial charge is 0.481 e. The fourth-order valence-corrected chi connectivity index (χ4v) is 2.49. The summed E-state index contributed by atoms with van der Waals surface area (Å²) in [5.74, 6) is -2.24. The average Bonchev–Trinajstić information content (AvgIpc) is 2.82. The molecule has 2 unspecified atom stereocenters. The van der Waals surface area contributed by atoms with Crippen molar-refractivity contribution in [3.05, 3.63) is 0 Å². The molecule has 7 nitrogen and oxygen atoms in total. The van der Waals surface area contributed by atoms with Gasteiger partial charge in [-0.05, 0) is 18.3 Å². The second kappa shape index (κ2) is 6.78. The molecule has 7 heteroatoms. The van der Waals surface area contributed by atoms with Crippen LogP contribution in [-0.2, 0) is 9.59 Å². The fourth-order valence-electron chi connectivity index (χ4n) is 2.49. The number of aliphatic carboxylic acids is 1. The molecule has 0 spiro atoms. The van der Waals surface area contributed by atoms with Crippen molar-refractivity contribution in [2.45, 2.75) is 33.6 Å². The Kier molecular flexibility index (Phi) is 5.57. The van der Waals surface area contributed by atoms with Crippen molar-refractivity contribution in [2.24, 2.45) is 23.0 Å². The van der Waals surface area contributed by atoms with E-state index < -0.39 is 17.8 Å². The third-order valence-electron chi connectivity index (χ3n) is 3.59. The average molecular weight is 299 g/mol. The highest BCUT2D eigenvalue weighted by Gasteiger charge is 2.31. The van der Waals surface area contributed by atoms with Crippen molar-refractivity contribution in [3.8, 4) is 0 Å². The van der Waals surface area contributed by atoms with E-state index in [0.29, 0.717) is 25.9 Å². The maximum absolute atomic E-state index is 12.0. The number of nitrogens with zero attached hydrogens (tertiary/aromatic N) is 1. The highest BCUT2D eigenvalue weighted by molar-refractivity contribution is 5.80. The Bertz CT molecular complexity index is 417. The highest BCUT2D eigenvalue weighted by Crippen LogP contribution is 2.24. The number of hydrogen-bond donors (Lipinski definition) is 3. The highest BCUT2D eigenvalue weighted by atomic mass is 16.4. The maximum Gasteiger partial charge on any atom is 0.317 e. The number of urea groups is 1. The molecular formula is C14H25N3O4. The second-order valence-corrected chi connectivity index (χ2v) is 6.82. The molecule has 1 fully saturated rings. The smallest absolute Gasteiger partial charge is 0.317 e. The van der Waals surface area contributed by atoms with E-state index in [-0.39, 0.29) is 23.9 Å². The number of carboxylic acids is 1. The maximum atomic E-state index is 12.0. The minimum absolute atomic E-state index is 0.0865. The summed E-state index contributed by atoms with van der Waals surface area (Å²) in [6, 6.07) is -0.334. The van der Waals surface area contributed by atoms with Crippen molar-refractivity contribution in [3.63, 3.8) is 0 Å². The van der Waals surface area contributed by atoms with Gasteiger partial charge in [-0.15, -0.1) is 0 Å². The molecule has 0 radical (unpaired) electrons. The van der Waals surface area contributed by atoms with Crippen LogP contribution in [0.15, 0.2) is 0 Å². The Labute approximate surface area is 124 Å². The molecule has 2 atom stereocenters. The van der Waals surface area contributed by atoms with E-state index in [9.17, 15) is 19.5 Å². The summed E-state index contributed by atoms with van der Waals surface area (Å²) in [7, 11) is 0. The van der Waals surface area contributed by atoms with Gasteiger partial charge in [-0.3, -0.25) is 9.59 Å². The minimum Gasteiger partial charge on any atom is -0.481 e. The zero-order valence-electron chi connectivity index (χ0n) is 12.9. The molecule has 0 aliphatic carbocycles. The number of rotatable bonds is 5. The number of hydrogen-bond acceptors (Lipinski definition) is 3. The van der Waals surface area contributed by atoms with E-state index in [1.165, 1.54) is 4.90 Å². The number of primary amides is 1. The molecule has 1 heterocycles. The Hall–Kier alpha value is -1.79. The zero-order chi connectivity index (χ0) is 16.2. The van der Waals surface area contributed by atoms with E-state index in [1.54, 1.807) is 0 Å². The van der Waals surface area contributed by atoms with E-state index in [2.05, 4.69) is 5.32 Å². The molecule has 4 N–H and O–H groups in total. The number of nitrogens with two attached hydrogens (primary N) is 1. The molecule has 0 aromatic rings. The molecule has 3 amide bonds. The summed E-state index contributed by atoms with van der Waals surface area (Å²) in [6.07, 6.45) is 1.04. The van der Waals surface area contributed by atoms with Crippen LogP contribution in [0.3, 0.4) is 0 Å². The zero-order valence-corrected chi connectivity index (χ0v) is 12.9. The summed E-state index contributed by atoms with van der Waals surface area (Å²) in [6.45, 7) is 6.74. The minimum atomic E-state index is -0.915. The third kappa shape index (κ3) is 5.61. The van der Waals surface area contributed by atoms with Crippen LogP contribution < -0.4 is 11.1 Å². The number of carbonyl (C=O) groups is 3. The predicted molar refractivity (Wildman–Crippen MR) is 77.5 cm³/mol. The van der Waals surface area contributed by atoms with Gasteiger partial charge in [0.15, 0.2) is 0 Å². The first-order valence-corrected chi connectivity index (χ1v) is 7.15. The Morgan fingerprint density at radius 2 is 2.00 bits per heavy atom. The van der Waals surface area contributed by atoms with Crippen LogP contribution in [0.1, 0.15) is 33.6 Å². The summed E-state index contributed by atoms with van der Waals surface area (Å²) < 4.78 is 0. The van der Waals surface area contributed by atoms with Crippen LogP contribution in [-0.4, -0.2) is 47.5 Å². The lowest BCUT2D eigenvalue weighted by Crippen LogP contribution is -2.43. The lowest BCUT2D eigenvalue weighted by Gasteiger charge is -2.24. The van der Waals surface area contributed by atoms with Crippen molar-refractivity contribution in [2.75, 3.05) is 19.6 Å². The fraction of sp³-hybridized carbons (Fsp3) is 0.786. The van der Waals surface area contributed by atoms with Crippen molar-refractivity contribution < 1.29 is 19.5 Å². The second-order valence-electron chi connectivity index (χ2n) is 6.82. The SMILES string of the molecule is CC(C)(C)CC(CNC(=O)N1CCC(C(N)=O)C1)C(=O)O. The molecule has 1 rings (SSSR count). The first kappa shape index (κ1) is 17.3. The lowest BCUT2D eigenvalue weighted by atomic mass is 9.84. The molecule has 1 aliphatic rings. The van der Waals surface area contributed by atoms with Crippen molar-refractivity contribution in [1.29, 1.82) is 0 Å². The summed E-state index contributed by atoms with van der Waals surface area (Å²) in [5, 5.41) is 11.8. The predicted octanol–water partition coefficient (Wildman–Crippen LogP) is 0.640. The van der Waals surface area contributed by atoms with Crippen molar-refractivity contribution >= 4 is 17.9 Å². The Morgan fingerprint density at radius 3 is 2.43 bits per heavy atom. The van der Waals surface area contributed by atoms with Gasteiger partial charge in [-0.2, -0.15) is 0 Å². The molecule has 1 saturated heterocycles. The van der Waals surface area contributed by atoms with Gasteiger partial charge in [0.2, 0.25) is 5.91 Å². The van der Waals surface area contributed by atoms with Gasteiger partial charge in [-0.25, -0.2) is 4.79 Å². The van der Waals surface area contributed by atoms with Crippen molar-refractivity contribution in [1.82, 2.24) is 10.2 Å². The molecule has 0 aromatic heterocycles. The molecule has 21 heavy (non-hydrogen) atoms.